The molecule has 0 bridgehead atoms. The smallest absolute Gasteiger partial charge is 0.176 e. The molecule has 1 saturated heterocycles. The summed E-state index contributed by atoms with van der Waals surface area (Å²) in [5, 5.41) is 13.1. The second-order valence-corrected chi connectivity index (χ2v) is 9.44. The van der Waals surface area contributed by atoms with Gasteiger partial charge in [0.25, 0.3) is 0 Å². The molecule has 1 fully saturated rings. The van der Waals surface area contributed by atoms with Gasteiger partial charge in [-0.1, -0.05) is 0 Å². The molecule has 1 aromatic carbocycles. The summed E-state index contributed by atoms with van der Waals surface area (Å²) in [6.45, 7) is 3.95. The minimum Gasteiger partial charge on any atom is -0.395 e. The molecule has 9 heteroatoms. The first-order valence-electron chi connectivity index (χ1n) is 9.78. The van der Waals surface area contributed by atoms with Crippen molar-refractivity contribution in [1.29, 1.82) is 0 Å². The molecule has 1 aliphatic heterocycles. The molecule has 0 unspecified atom stereocenters. The van der Waals surface area contributed by atoms with Gasteiger partial charge in [0, 0.05) is 35.0 Å². The van der Waals surface area contributed by atoms with Crippen molar-refractivity contribution in [2.24, 2.45) is 0 Å². The van der Waals surface area contributed by atoms with Gasteiger partial charge in [-0.3, -0.25) is 4.90 Å². The van der Waals surface area contributed by atoms with Crippen molar-refractivity contribution in [2.75, 3.05) is 25.0 Å². The highest BCUT2D eigenvalue weighted by molar-refractivity contribution is 7.18. The van der Waals surface area contributed by atoms with Gasteiger partial charge < -0.3 is 10.4 Å². The number of thiophene rings is 1. The predicted molar refractivity (Wildman–Crippen MR) is 118 cm³/mol. The molecule has 0 aliphatic carbocycles. The van der Waals surface area contributed by atoms with E-state index < -0.39 is 11.6 Å². The molecule has 156 valence electrons. The zero-order valence-electron chi connectivity index (χ0n) is 16.2. The number of aromatic nitrogens is 2. The maximum Gasteiger partial charge on any atom is 0.176 e. The average molecular weight is 447 g/mol. The minimum absolute atomic E-state index is 0.152. The average Bonchev–Trinajstić information content (AvgIpc) is 3.44. The summed E-state index contributed by atoms with van der Waals surface area (Å²) in [6, 6.07) is 5.45. The molecule has 4 aromatic rings. The molecule has 3 aromatic heterocycles. The van der Waals surface area contributed by atoms with Gasteiger partial charge in [0.15, 0.2) is 11.6 Å². The Balaban J connectivity index is 1.51. The number of likely N-dealkylation sites (tertiary alicyclic amines) is 1. The number of thiazole rings is 1. The number of anilines is 2. The quantitative estimate of drug-likeness (QED) is 0.447. The third kappa shape index (κ3) is 3.26. The van der Waals surface area contributed by atoms with Gasteiger partial charge >= 0.3 is 0 Å². The fraction of sp³-hybridized carbons (Fsp3) is 0.333. The monoisotopic (exact) mass is 446 g/mol. The first-order chi connectivity index (χ1) is 14.6. The van der Waals surface area contributed by atoms with Crippen molar-refractivity contribution >= 4 is 54.5 Å². The molecule has 2 atom stereocenters. The Kier molecular flexibility index (Phi) is 5.14. The fourth-order valence-corrected chi connectivity index (χ4v) is 6.22. The number of hydrogen-bond acceptors (Lipinski definition) is 7. The van der Waals surface area contributed by atoms with Crippen molar-refractivity contribution in [3.8, 4) is 0 Å². The second-order valence-electron chi connectivity index (χ2n) is 7.49. The van der Waals surface area contributed by atoms with E-state index in [9.17, 15) is 13.9 Å². The van der Waals surface area contributed by atoms with Gasteiger partial charge in [-0.25, -0.2) is 18.7 Å². The van der Waals surface area contributed by atoms with E-state index in [1.165, 1.54) is 27.8 Å². The van der Waals surface area contributed by atoms with E-state index in [2.05, 4.69) is 33.2 Å². The van der Waals surface area contributed by atoms with Crippen LogP contribution < -0.4 is 5.32 Å². The van der Waals surface area contributed by atoms with Crippen molar-refractivity contribution < 1.29 is 13.9 Å². The molecule has 5 rings (SSSR count). The summed E-state index contributed by atoms with van der Waals surface area (Å²) in [4.78, 5) is 12.8. The third-order valence-corrected chi connectivity index (χ3v) is 7.82. The van der Waals surface area contributed by atoms with E-state index in [-0.39, 0.29) is 17.8 Å². The molecule has 0 spiro atoms. The van der Waals surface area contributed by atoms with Crippen LogP contribution >= 0.6 is 22.7 Å². The van der Waals surface area contributed by atoms with Crippen LogP contribution in [0.4, 0.5) is 20.2 Å². The molecule has 0 radical (unpaired) electrons. The number of β-amino-alcohol motifs (C(OH)–C–C–N with tert-alkyl or cyclic N) is 1. The van der Waals surface area contributed by atoms with Crippen LogP contribution in [0.25, 0.3) is 20.4 Å². The van der Waals surface area contributed by atoms with E-state index in [1.54, 1.807) is 23.6 Å². The lowest BCUT2D eigenvalue weighted by Crippen LogP contribution is -2.31. The highest BCUT2D eigenvalue weighted by atomic mass is 32.1. The number of rotatable bonds is 5. The van der Waals surface area contributed by atoms with Gasteiger partial charge in [-0.05, 0) is 38.1 Å². The maximum atomic E-state index is 14.9. The molecule has 1 aliphatic rings. The van der Waals surface area contributed by atoms with Crippen LogP contribution in [0.15, 0.2) is 29.9 Å². The zero-order valence-corrected chi connectivity index (χ0v) is 17.9. The Hall–Kier alpha value is -2.20. The highest BCUT2D eigenvalue weighted by Gasteiger charge is 2.32. The molecule has 5 nitrogen and oxygen atoms in total. The molecule has 0 saturated carbocycles. The summed E-state index contributed by atoms with van der Waals surface area (Å²) in [6.07, 6.45) is 2.67. The first-order valence-corrected chi connectivity index (χ1v) is 11.5. The van der Waals surface area contributed by atoms with Crippen LogP contribution in [0.1, 0.15) is 24.1 Å². The number of aliphatic hydroxyl groups is 1. The number of nitrogens with one attached hydrogen (secondary N) is 1. The highest BCUT2D eigenvalue weighted by Crippen LogP contribution is 2.41. The number of halogens is 2. The van der Waals surface area contributed by atoms with Crippen molar-refractivity contribution in [1.82, 2.24) is 14.9 Å². The summed E-state index contributed by atoms with van der Waals surface area (Å²) in [5.41, 5.74) is 2.10. The van der Waals surface area contributed by atoms with E-state index in [0.29, 0.717) is 28.9 Å². The normalized spacial score (nSPS) is 19.9. The Labute approximate surface area is 180 Å². The Morgan fingerprint density at radius 3 is 3.00 bits per heavy atom. The predicted octanol–water partition coefficient (Wildman–Crippen LogP) is 5.10. The van der Waals surface area contributed by atoms with E-state index >= 15 is 0 Å². The zero-order chi connectivity index (χ0) is 20.8. The largest absolute Gasteiger partial charge is 0.395 e. The maximum absolute atomic E-state index is 14.9. The van der Waals surface area contributed by atoms with Crippen LogP contribution in [0.3, 0.4) is 0 Å². The fourth-order valence-electron chi connectivity index (χ4n) is 4.26. The molecule has 4 heterocycles. The van der Waals surface area contributed by atoms with Crippen LogP contribution in [0.5, 0.6) is 0 Å². The summed E-state index contributed by atoms with van der Waals surface area (Å²) >= 11 is 2.82. The van der Waals surface area contributed by atoms with Crippen LogP contribution in [0.2, 0.25) is 0 Å². The second kappa shape index (κ2) is 7.81. The number of nitrogens with zero attached hydrogens (tertiary/aromatic N) is 3. The summed E-state index contributed by atoms with van der Waals surface area (Å²) in [5.74, 6) is -0.979. The van der Waals surface area contributed by atoms with Crippen molar-refractivity contribution in [2.45, 2.75) is 25.3 Å². The Morgan fingerprint density at radius 1 is 1.30 bits per heavy atom. The van der Waals surface area contributed by atoms with E-state index in [0.717, 1.165) is 23.2 Å². The molecule has 2 N–H and O–H groups in total. The number of fused-ring (bicyclic) bond motifs is 2. The Bertz CT molecular complexity index is 1220. The van der Waals surface area contributed by atoms with Gasteiger partial charge in [-0.15, -0.1) is 22.7 Å². The molecular weight excluding hydrogens is 426 g/mol. The van der Waals surface area contributed by atoms with Crippen molar-refractivity contribution in [3.05, 3.63) is 46.4 Å². The number of pyridine rings is 1. The SMILES string of the molecule is C[C@@H]1[C@@H](c2cc3c(Nc4c(F)cc5scnc5c4F)ccnc3s2)CCN1CCO. The van der Waals surface area contributed by atoms with E-state index in [4.69, 9.17) is 0 Å². The number of benzene rings is 1. The Morgan fingerprint density at radius 2 is 2.17 bits per heavy atom. The number of hydrogen-bond donors (Lipinski definition) is 2. The standard InChI is InChI=1S/C21H20F2N4OS2/c1-11-12(3-5-27(11)6-7-28)16-8-13-15(2-4-24-21(13)30-16)26-19-14(22)9-17-20(18(19)23)25-10-29-17/h2,4,8-12,28H,3,5-7H2,1H3,(H,24,26)/t11-,12+/m1/s1. The lowest BCUT2D eigenvalue weighted by atomic mass is 9.99. The van der Waals surface area contributed by atoms with E-state index in [1.807, 2.05) is 0 Å². The molecule has 0 amide bonds. The van der Waals surface area contributed by atoms with Gasteiger partial charge in [0.05, 0.1) is 22.5 Å². The van der Waals surface area contributed by atoms with Gasteiger partial charge in [0.2, 0.25) is 0 Å². The molecular formula is C21H20F2N4OS2. The lowest BCUT2D eigenvalue weighted by Gasteiger charge is -2.23. The van der Waals surface area contributed by atoms with Gasteiger partial charge in [0.1, 0.15) is 16.0 Å². The lowest BCUT2D eigenvalue weighted by molar-refractivity contribution is 0.188. The minimum atomic E-state index is -0.685. The summed E-state index contributed by atoms with van der Waals surface area (Å²) in [7, 11) is 0. The van der Waals surface area contributed by atoms with Crippen LogP contribution in [-0.2, 0) is 0 Å². The van der Waals surface area contributed by atoms with Gasteiger partial charge in [-0.2, -0.15) is 0 Å². The van der Waals surface area contributed by atoms with Crippen molar-refractivity contribution in [3.63, 3.8) is 0 Å². The number of aliphatic hydroxyl groups excluding tert-OH is 1. The third-order valence-electron chi connectivity index (χ3n) is 5.87. The first kappa shape index (κ1) is 19.7. The van der Waals surface area contributed by atoms with Crippen LogP contribution in [-0.4, -0.2) is 45.7 Å². The topological polar surface area (TPSA) is 61.3 Å². The van der Waals surface area contributed by atoms with Crippen LogP contribution in [0, 0.1) is 11.6 Å². The summed E-state index contributed by atoms with van der Waals surface area (Å²) < 4.78 is 30.0. The molecule has 30 heavy (non-hydrogen) atoms.